The van der Waals surface area contributed by atoms with E-state index in [0.717, 1.165) is 12.8 Å². The molecule has 1 unspecified atom stereocenters. The van der Waals surface area contributed by atoms with Gasteiger partial charge in [-0.15, -0.1) is 0 Å². The molecule has 0 fully saturated rings. The minimum absolute atomic E-state index is 0.401. The summed E-state index contributed by atoms with van der Waals surface area (Å²) in [6, 6.07) is -0.720. The van der Waals surface area contributed by atoms with Crippen LogP contribution < -0.4 is 11.5 Å². The molecule has 0 aliphatic heterocycles. The van der Waals surface area contributed by atoms with Gasteiger partial charge in [0.2, 0.25) is 5.78 Å². The smallest absolute Gasteiger partial charge is 0.286 e. The number of carbonyl (C=O) groups is 2. The summed E-state index contributed by atoms with van der Waals surface area (Å²) in [4.78, 5) is 21.5. The molecule has 13 heavy (non-hydrogen) atoms. The van der Waals surface area contributed by atoms with Gasteiger partial charge in [-0.05, 0) is 12.3 Å². The molecule has 0 rings (SSSR count). The second-order valence-corrected chi connectivity index (χ2v) is 3.25. The van der Waals surface area contributed by atoms with E-state index in [1.165, 1.54) is 0 Å². The first-order chi connectivity index (χ1) is 6.02. The lowest BCUT2D eigenvalue weighted by molar-refractivity contribution is -0.136. The standard InChI is InChI=1S/C9H18N2O2/c1-3-6(4-2)5-7(10)8(12)9(11)13/h6-7H,3-5,10H2,1-2H3,(H2,11,13). The maximum Gasteiger partial charge on any atom is 0.286 e. The highest BCUT2D eigenvalue weighted by Gasteiger charge is 2.21. The van der Waals surface area contributed by atoms with Gasteiger partial charge in [-0.2, -0.15) is 0 Å². The SMILES string of the molecule is CCC(CC)CC(N)C(=O)C(N)=O. The predicted molar refractivity (Wildman–Crippen MR) is 50.9 cm³/mol. The van der Waals surface area contributed by atoms with Gasteiger partial charge in [0.15, 0.2) is 0 Å². The van der Waals surface area contributed by atoms with E-state index in [4.69, 9.17) is 11.5 Å². The Hall–Kier alpha value is -0.900. The molecule has 4 nitrogen and oxygen atoms in total. The van der Waals surface area contributed by atoms with Gasteiger partial charge in [-0.3, -0.25) is 9.59 Å². The number of hydrogen-bond donors (Lipinski definition) is 2. The predicted octanol–water partition coefficient (Wildman–Crippen LogP) is 0.194. The van der Waals surface area contributed by atoms with Gasteiger partial charge in [0.05, 0.1) is 6.04 Å². The Morgan fingerprint density at radius 1 is 1.23 bits per heavy atom. The number of nitrogens with two attached hydrogens (primary N) is 2. The lowest BCUT2D eigenvalue weighted by Crippen LogP contribution is -2.40. The molecule has 0 radical (unpaired) electrons. The van der Waals surface area contributed by atoms with E-state index in [1.807, 2.05) is 13.8 Å². The monoisotopic (exact) mass is 186 g/mol. The summed E-state index contributed by atoms with van der Waals surface area (Å²) in [7, 11) is 0. The van der Waals surface area contributed by atoms with Crippen molar-refractivity contribution in [3.05, 3.63) is 0 Å². The molecular formula is C9H18N2O2. The summed E-state index contributed by atoms with van der Waals surface area (Å²) >= 11 is 0. The average molecular weight is 186 g/mol. The van der Waals surface area contributed by atoms with E-state index in [9.17, 15) is 9.59 Å². The summed E-state index contributed by atoms with van der Waals surface area (Å²) in [5.74, 6) is -1.19. The Morgan fingerprint density at radius 3 is 2.00 bits per heavy atom. The molecule has 1 amide bonds. The number of rotatable bonds is 6. The van der Waals surface area contributed by atoms with Crippen LogP contribution in [0.5, 0.6) is 0 Å². The highest BCUT2D eigenvalue weighted by Crippen LogP contribution is 2.14. The average Bonchev–Trinajstić information content (AvgIpc) is 2.12. The Balaban J connectivity index is 4.05. The van der Waals surface area contributed by atoms with E-state index in [-0.39, 0.29) is 0 Å². The zero-order valence-corrected chi connectivity index (χ0v) is 8.25. The number of Topliss-reactive ketones (excluding diaryl/α,β-unsaturated/α-hetero) is 1. The van der Waals surface area contributed by atoms with Crippen molar-refractivity contribution >= 4 is 11.7 Å². The fourth-order valence-electron chi connectivity index (χ4n) is 1.27. The summed E-state index contributed by atoms with van der Waals surface area (Å²) < 4.78 is 0. The lowest BCUT2D eigenvalue weighted by atomic mass is 9.93. The summed E-state index contributed by atoms with van der Waals surface area (Å²) in [5, 5.41) is 0. The van der Waals surface area contributed by atoms with Gasteiger partial charge in [0, 0.05) is 0 Å². The van der Waals surface area contributed by atoms with Crippen LogP contribution in [-0.4, -0.2) is 17.7 Å². The first-order valence-electron chi connectivity index (χ1n) is 4.62. The normalized spacial score (nSPS) is 12.9. The van der Waals surface area contributed by atoms with E-state index in [0.29, 0.717) is 12.3 Å². The van der Waals surface area contributed by atoms with Gasteiger partial charge in [-0.1, -0.05) is 26.7 Å². The molecule has 0 saturated carbocycles. The van der Waals surface area contributed by atoms with Crippen molar-refractivity contribution < 1.29 is 9.59 Å². The fraction of sp³-hybridized carbons (Fsp3) is 0.778. The number of carbonyl (C=O) groups excluding carboxylic acids is 2. The minimum atomic E-state index is -0.932. The van der Waals surface area contributed by atoms with Crippen LogP contribution >= 0.6 is 0 Å². The van der Waals surface area contributed by atoms with Crippen molar-refractivity contribution in [1.29, 1.82) is 0 Å². The van der Waals surface area contributed by atoms with Crippen molar-refractivity contribution in [2.75, 3.05) is 0 Å². The molecule has 0 aromatic rings. The molecule has 4 heteroatoms. The van der Waals surface area contributed by atoms with Crippen LogP contribution in [0.4, 0.5) is 0 Å². The van der Waals surface area contributed by atoms with Gasteiger partial charge in [0.25, 0.3) is 5.91 Å². The van der Waals surface area contributed by atoms with Crippen LogP contribution in [0.15, 0.2) is 0 Å². The van der Waals surface area contributed by atoms with Crippen LogP contribution in [0.2, 0.25) is 0 Å². The van der Waals surface area contributed by atoms with Crippen molar-refractivity contribution in [1.82, 2.24) is 0 Å². The second-order valence-electron chi connectivity index (χ2n) is 3.25. The van der Waals surface area contributed by atoms with Crippen molar-refractivity contribution in [3.63, 3.8) is 0 Å². The van der Waals surface area contributed by atoms with Gasteiger partial charge in [0.1, 0.15) is 0 Å². The molecule has 76 valence electrons. The van der Waals surface area contributed by atoms with Crippen molar-refractivity contribution in [3.8, 4) is 0 Å². The Labute approximate surface area is 78.7 Å². The van der Waals surface area contributed by atoms with E-state index in [2.05, 4.69) is 0 Å². The Morgan fingerprint density at radius 2 is 1.69 bits per heavy atom. The van der Waals surface area contributed by atoms with Crippen LogP contribution in [0.3, 0.4) is 0 Å². The summed E-state index contributed by atoms with van der Waals surface area (Å²) in [6.45, 7) is 4.07. The number of ketones is 1. The Kier molecular flexibility index (Phi) is 5.30. The largest absolute Gasteiger partial charge is 0.363 e. The molecule has 0 aromatic heterocycles. The van der Waals surface area contributed by atoms with E-state index in [1.54, 1.807) is 0 Å². The first kappa shape index (κ1) is 12.1. The third-order valence-electron chi connectivity index (χ3n) is 2.32. The maximum atomic E-state index is 11.0. The maximum absolute atomic E-state index is 11.0. The van der Waals surface area contributed by atoms with Crippen molar-refractivity contribution in [2.45, 2.75) is 39.2 Å². The second kappa shape index (κ2) is 5.70. The Bertz CT molecular complexity index is 188. The zero-order chi connectivity index (χ0) is 10.4. The number of amides is 1. The minimum Gasteiger partial charge on any atom is -0.363 e. The quantitative estimate of drug-likeness (QED) is 0.581. The fourth-order valence-corrected chi connectivity index (χ4v) is 1.27. The van der Waals surface area contributed by atoms with Gasteiger partial charge >= 0.3 is 0 Å². The van der Waals surface area contributed by atoms with Crippen LogP contribution in [0, 0.1) is 5.92 Å². The van der Waals surface area contributed by atoms with E-state index >= 15 is 0 Å². The third kappa shape index (κ3) is 4.03. The highest BCUT2D eigenvalue weighted by molar-refractivity contribution is 6.37. The topological polar surface area (TPSA) is 86.2 Å². The van der Waals surface area contributed by atoms with Gasteiger partial charge in [-0.25, -0.2) is 0 Å². The zero-order valence-electron chi connectivity index (χ0n) is 8.25. The molecular weight excluding hydrogens is 168 g/mol. The van der Waals surface area contributed by atoms with Crippen LogP contribution in [-0.2, 0) is 9.59 Å². The molecule has 0 aliphatic rings. The van der Waals surface area contributed by atoms with Crippen LogP contribution in [0.25, 0.3) is 0 Å². The lowest BCUT2D eigenvalue weighted by Gasteiger charge is -2.15. The molecule has 0 aromatic carbocycles. The number of primary amides is 1. The molecule has 0 heterocycles. The summed E-state index contributed by atoms with van der Waals surface area (Å²) in [6.07, 6.45) is 2.49. The molecule has 1 atom stereocenters. The van der Waals surface area contributed by atoms with Gasteiger partial charge < -0.3 is 11.5 Å². The number of hydrogen-bond acceptors (Lipinski definition) is 3. The first-order valence-corrected chi connectivity index (χ1v) is 4.62. The van der Waals surface area contributed by atoms with Crippen molar-refractivity contribution in [2.24, 2.45) is 17.4 Å². The molecule has 0 aliphatic carbocycles. The third-order valence-corrected chi connectivity index (χ3v) is 2.32. The van der Waals surface area contributed by atoms with E-state index < -0.39 is 17.7 Å². The molecule has 0 saturated heterocycles. The molecule has 4 N–H and O–H groups in total. The molecule has 0 spiro atoms. The molecule has 0 bridgehead atoms. The van der Waals surface area contributed by atoms with Crippen LogP contribution in [0.1, 0.15) is 33.1 Å². The summed E-state index contributed by atoms with van der Waals surface area (Å²) in [5.41, 5.74) is 10.3. The highest BCUT2D eigenvalue weighted by atomic mass is 16.2.